The van der Waals surface area contributed by atoms with E-state index < -0.39 is 0 Å². The number of amides is 2. The summed E-state index contributed by atoms with van der Waals surface area (Å²) in [5.41, 5.74) is 9.63. The zero-order chi connectivity index (χ0) is 20.1. The summed E-state index contributed by atoms with van der Waals surface area (Å²) in [6, 6.07) is 11.4. The van der Waals surface area contributed by atoms with Gasteiger partial charge in [-0.1, -0.05) is 18.2 Å². The molecule has 29 heavy (non-hydrogen) atoms. The van der Waals surface area contributed by atoms with Crippen LogP contribution in [0.25, 0.3) is 0 Å². The lowest BCUT2D eigenvalue weighted by molar-refractivity contribution is -0.125. The third-order valence-electron chi connectivity index (χ3n) is 4.91. The average Bonchev–Trinajstić information content (AvgIpc) is 2.68. The Balaban J connectivity index is 0.00000300. The fraction of sp³-hybridized carbons (Fsp3) is 0.333. The van der Waals surface area contributed by atoms with E-state index in [0.29, 0.717) is 0 Å². The van der Waals surface area contributed by atoms with Crippen molar-refractivity contribution in [3.63, 3.8) is 0 Å². The van der Waals surface area contributed by atoms with Gasteiger partial charge >= 0.3 is 0 Å². The van der Waals surface area contributed by atoms with Gasteiger partial charge in [0, 0.05) is 17.9 Å². The highest BCUT2D eigenvalue weighted by molar-refractivity contribution is 5.87. The molecule has 1 aliphatic rings. The Morgan fingerprint density at radius 3 is 2.62 bits per heavy atom. The van der Waals surface area contributed by atoms with Gasteiger partial charge in [-0.2, -0.15) is 0 Å². The van der Waals surface area contributed by atoms with E-state index in [0.717, 1.165) is 41.9 Å². The SMILES string of the molecule is CC(NC(=O)CNC(=O)CN1CCCc2c(N)cccc21)c1ccc(F)cc1.Cl. The summed E-state index contributed by atoms with van der Waals surface area (Å²) in [5, 5.41) is 5.45. The van der Waals surface area contributed by atoms with Crippen LogP contribution in [0.5, 0.6) is 0 Å². The number of nitrogens with zero attached hydrogens (tertiary/aromatic N) is 1. The number of rotatable bonds is 6. The van der Waals surface area contributed by atoms with Gasteiger partial charge in [0.1, 0.15) is 5.82 Å². The molecule has 2 aromatic carbocycles. The first-order valence-electron chi connectivity index (χ1n) is 9.38. The number of hydrogen-bond donors (Lipinski definition) is 3. The normalized spacial score (nSPS) is 13.7. The smallest absolute Gasteiger partial charge is 0.239 e. The van der Waals surface area contributed by atoms with Gasteiger partial charge in [0.15, 0.2) is 0 Å². The minimum Gasteiger partial charge on any atom is -0.398 e. The monoisotopic (exact) mass is 420 g/mol. The fourth-order valence-electron chi connectivity index (χ4n) is 3.43. The van der Waals surface area contributed by atoms with Gasteiger partial charge in [-0.15, -0.1) is 12.4 Å². The number of hydrogen-bond acceptors (Lipinski definition) is 4. The average molecular weight is 421 g/mol. The maximum atomic E-state index is 13.0. The highest BCUT2D eigenvalue weighted by atomic mass is 35.5. The van der Waals surface area contributed by atoms with Crippen LogP contribution < -0.4 is 21.3 Å². The second-order valence-electron chi connectivity index (χ2n) is 6.99. The summed E-state index contributed by atoms with van der Waals surface area (Å²) in [6.07, 6.45) is 1.84. The first kappa shape index (κ1) is 22.5. The number of benzene rings is 2. The molecule has 2 amide bonds. The molecule has 1 atom stereocenters. The second kappa shape index (κ2) is 10.1. The Labute approximate surface area is 176 Å². The topological polar surface area (TPSA) is 87.5 Å². The zero-order valence-electron chi connectivity index (χ0n) is 16.3. The van der Waals surface area contributed by atoms with E-state index in [-0.39, 0.29) is 49.2 Å². The number of carbonyl (C=O) groups is 2. The summed E-state index contributed by atoms with van der Waals surface area (Å²) in [7, 11) is 0. The van der Waals surface area contributed by atoms with Crippen molar-refractivity contribution in [3.8, 4) is 0 Å². The Hall–Kier alpha value is -2.80. The molecule has 0 bridgehead atoms. The van der Waals surface area contributed by atoms with E-state index in [9.17, 15) is 14.0 Å². The predicted octanol–water partition coefficient (Wildman–Crippen LogP) is 2.58. The quantitative estimate of drug-likeness (QED) is 0.627. The lowest BCUT2D eigenvalue weighted by Crippen LogP contribution is -2.43. The summed E-state index contributed by atoms with van der Waals surface area (Å²) in [5.74, 6) is -0.844. The molecule has 0 saturated heterocycles. The van der Waals surface area contributed by atoms with E-state index in [1.165, 1.54) is 12.1 Å². The van der Waals surface area contributed by atoms with Gasteiger partial charge in [-0.05, 0) is 55.2 Å². The van der Waals surface area contributed by atoms with Crippen LogP contribution in [-0.2, 0) is 16.0 Å². The van der Waals surface area contributed by atoms with Crippen molar-refractivity contribution in [2.24, 2.45) is 0 Å². The summed E-state index contributed by atoms with van der Waals surface area (Å²) < 4.78 is 13.0. The molecule has 2 aromatic rings. The molecule has 0 spiro atoms. The van der Waals surface area contributed by atoms with Crippen LogP contribution in [0.3, 0.4) is 0 Å². The van der Waals surface area contributed by atoms with E-state index in [4.69, 9.17) is 5.73 Å². The van der Waals surface area contributed by atoms with E-state index in [2.05, 4.69) is 10.6 Å². The van der Waals surface area contributed by atoms with E-state index in [1.807, 2.05) is 30.0 Å². The van der Waals surface area contributed by atoms with Gasteiger partial charge < -0.3 is 21.3 Å². The van der Waals surface area contributed by atoms with Gasteiger partial charge in [0.2, 0.25) is 11.8 Å². The Kier molecular flexibility index (Phi) is 7.84. The molecule has 156 valence electrons. The van der Waals surface area contributed by atoms with Crippen molar-refractivity contribution in [3.05, 3.63) is 59.4 Å². The highest BCUT2D eigenvalue weighted by Gasteiger charge is 2.20. The molecule has 0 radical (unpaired) electrons. The Morgan fingerprint density at radius 2 is 1.90 bits per heavy atom. The Bertz CT molecular complexity index is 860. The maximum absolute atomic E-state index is 13.0. The first-order valence-corrected chi connectivity index (χ1v) is 9.38. The predicted molar refractivity (Wildman–Crippen MR) is 115 cm³/mol. The van der Waals surface area contributed by atoms with Gasteiger partial charge in [0.25, 0.3) is 0 Å². The number of nitrogens with one attached hydrogen (secondary N) is 2. The van der Waals surface area contributed by atoms with Crippen molar-refractivity contribution in [2.45, 2.75) is 25.8 Å². The van der Waals surface area contributed by atoms with E-state index in [1.54, 1.807) is 12.1 Å². The van der Waals surface area contributed by atoms with Crippen LogP contribution in [0, 0.1) is 5.82 Å². The highest BCUT2D eigenvalue weighted by Crippen LogP contribution is 2.30. The Morgan fingerprint density at radius 1 is 1.17 bits per heavy atom. The van der Waals surface area contributed by atoms with Crippen molar-refractivity contribution >= 4 is 35.6 Å². The lowest BCUT2D eigenvalue weighted by atomic mass is 10.00. The first-order chi connectivity index (χ1) is 13.4. The molecule has 0 fully saturated rings. The van der Waals surface area contributed by atoms with E-state index >= 15 is 0 Å². The third kappa shape index (κ3) is 5.84. The number of halogens is 2. The van der Waals surface area contributed by atoms with Crippen LogP contribution >= 0.6 is 12.4 Å². The van der Waals surface area contributed by atoms with Crippen molar-refractivity contribution < 1.29 is 14.0 Å². The molecule has 1 aliphatic heterocycles. The van der Waals surface area contributed by atoms with Crippen LogP contribution in [0.1, 0.15) is 30.5 Å². The van der Waals surface area contributed by atoms with Crippen molar-refractivity contribution in [2.75, 3.05) is 30.3 Å². The number of nitrogen functional groups attached to an aromatic ring is 1. The lowest BCUT2D eigenvalue weighted by Gasteiger charge is -2.31. The third-order valence-corrected chi connectivity index (χ3v) is 4.91. The van der Waals surface area contributed by atoms with Crippen molar-refractivity contribution in [1.82, 2.24) is 10.6 Å². The second-order valence-corrected chi connectivity index (χ2v) is 6.99. The fourth-order valence-corrected chi connectivity index (χ4v) is 3.43. The molecular weight excluding hydrogens is 395 g/mol. The minimum atomic E-state index is -0.324. The molecule has 4 N–H and O–H groups in total. The molecular formula is C21H26ClFN4O2. The maximum Gasteiger partial charge on any atom is 0.239 e. The number of fused-ring (bicyclic) bond motifs is 1. The summed E-state index contributed by atoms with van der Waals surface area (Å²) in [6.45, 7) is 2.65. The molecule has 6 nitrogen and oxygen atoms in total. The van der Waals surface area contributed by atoms with Gasteiger partial charge in [-0.25, -0.2) is 4.39 Å². The minimum absolute atomic E-state index is 0. The molecule has 0 saturated carbocycles. The number of carbonyl (C=O) groups excluding carboxylic acids is 2. The zero-order valence-corrected chi connectivity index (χ0v) is 17.1. The van der Waals surface area contributed by atoms with Crippen LogP contribution in [0.2, 0.25) is 0 Å². The standard InChI is InChI=1S/C21H25FN4O2.ClH/c1-14(15-7-9-16(22)10-8-15)25-20(27)12-24-21(28)13-26-11-3-4-17-18(23)5-2-6-19(17)26;/h2,5-10,14H,3-4,11-13,23H2,1H3,(H,24,28)(H,25,27);1H. The van der Waals surface area contributed by atoms with Crippen LogP contribution in [-0.4, -0.2) is 31.4 Å². The summed E-state index contributed by atoms with van der Waals surface area (Å²) in [4.78, 5) is 26.4. The molecule has 0 aromatic heterocycles. The van der Waals surface area contributed by atoms with Crippen molar-refractivity contribution in [1.29, 1.82) is 0 Å². The van der Waals surface area contributed by atoms with Crippen LogP contribution in [0.4, 0.5) is 15.8 Å². The summed E-state index contributed by atoms with van der Waals surface area (Å²) >= 11 is 0. The molecule has 1 unspecified atom stereocenters. The largest absolute Gasteiger partial charge is 0.398 e. The molecule has 8 heteroatoms. The molecule has 0 aliphatic carbocycles. The molecule has 3 rings (SSSR count). The number of anilines is 2. The van der Waals surface area contributed by atoms with Gasteiger partial charge in [-0.3, -0.25) is 9.59 Å². The number of nitrogens with two attached hydrogens (primary N) is 1. The van der Waals surface area contributed by atoms with Gasteiger partial charge in [0.05, 0.1) is 19.1 Å². The molecule has 1 heterocycles. The van der Waals surface area contributed by atoms with Crippen LogP contribution in [0.15, 0.2) is 42.5 Å².